The molecule has 9 heteroatoms. The summed E-state index contributed by atoms with van der Waals surface area (Å²) in [4.78, 5) is 16.9. The van der Waals surface area contributed by atoms with Crippen LogP contribution < -0.4 is 4.72 Å². The van der Waals surface area contributed by atoms with Crippen molar-refractivity contribution in [1.82, 2.24) is 4.98 Å². The van der Waals surface area contributed by atoms with Gasteiger partial charge in [0.25, 0.3) is 10.0 Å². The van der Waals surface area contributed by atoms with Crippen LogP contribution in [0.25, 0.3) is 0 Å². The molecule has 1 fully saturated rings. The number of pyridine rings is 1. The third-order valence-electron chi connectivity index (χ3n) is 5.58. The summed E-state index contributed by atoms with van der Waals surface area (Å²) in [5.74, 6) is -1.32. The zero-order valence-corrected chi connectivity index (χ0v) is 19.9. The van der Waals surface area contributed by atoms with Gasteiger partial charge in [0.2, 0.25) is 0 Å². The third-order valence-corrected chi connectivity index (χ3v) is 7.20. The Morgan fingerprint density at radius 1 is 1.00 bits per heavy atom. The number of carbonyl (C=O) groups is 1. The van der Waals surface area contributed by atoms with Crippen molar-refractivity contribution < 1.29 is 22.7 Å². The van der Waals surface area contributed by atoms with Crippen molar-refractivity contribution in [1.29, 1.82) is 0 Å². The van der Waals surface area contributed by atoms with Crippen molar-refractivity contribution in [3.8, 4) is 0 Å². The van der Waals surface area contributed by atoms with Gasteiger partial charge in [0.15, 0.2) is 11.6 Å². The molecule has 0 radical (unpaired) electrons. The number of carbonyl (C=O) groups excluding carboxylic acids is 1. The van der Waals surface area contributed by atoms with Gasteiger partial charge in [0, 0.05) is 34.1 Å². The van der Waals surface area contributed by atoms with Crippen molar-refractivity contribution >= 4 is 33.1 Å². The van der Waals surface area contributed by atoms with Crippen LogP contribution in [0.15, 0.2) is 71.9 Å². The molecule has 0 spiro atoms. The largest absolute Gasteiger partial charge is 0.340 e. The highest BCUT2D eigenvalue weighted by molar-refractivity contribution is 7.92. The Labute approximate surface area is 197 Å². The molecule has 0 bridgehead atoms. The average Bonchev–Trinajstić information content (AvgIpc) is 3.07. The molecule has 7 nitrogen and oxygen atoms in total. The lowest BCUT2D eigenvalue weighted by Gasteiger charge is -2.24. The molecule has 1 aliphatic heterocycles. The number of hydrogen-bond acceptors (Lipinski definition) is 6. The molecule has 0 amide bonds. The second kappa shape index (κ2) is 8.87. The lowest BCUT2D eigenvalue weighted by atomic mass is 10.0. The topological polar surface area (TPSA) is 94.6 Å². The van der Waals surface area contributed by atoms with Gasteiger partial charge in [0.05, 0.1) is 22.8 Å². The monoisotopic (exact) mass is 486 g/mol. The molecular formula is C24H23ClN2O5S. The van der Waals surface area contributed by atoms with Gasteiger partial charge in [-0.2, -0.15) is 0 Å². The highest BCUT2D eigenvalue weighted by Crippen LogP contribution is 2.37. The van der Waals surface area contributed by atoms with E-state index in [0.717, 1.165) is 0 Å². The molecule has 3 atom stereocenters. The summed E-state index contributed by atoms with van der Waals surface area (Å²) in [6.07, 6.45) is 2.81. The first-order valence-electron chi connectivity index (χ1n) is 10.3. The molecule has 1 N–H and O–H groups in total. The van der Waals surface area contributed by atoms with Gasteiger partial charge < -0.3 is 9.47 Å². The molecule has 33 heavy (non-hydrogen) atoms. The van der Waals surface area contributed by atoms with Gasteiger partial charge in [-0.05, 0) is 63.2 Å². The number of halogens is 1. The summed E-state index contributed by atoms with van der Waals surface area (Å²) in [6.45, 7) is 5.66. The maximum atomic E-state index is 13.1. The Morgan fingerprint density at radius 2 is 1.61 bits per heavy atom. The molecule has 1 aliphatic rings. The summed E-state index contributed by atoms with van der Waals surface area (Å²) in [7, 11) is -3.99. The predicted molar refractivity (Wildman–Crippen MR) is 125 cm³/mol. The first kappa shape index (κ1) is 23.4. The van der Waals surface area contributed by atoms with Crippen LogP contribution in [0.2, 0.25) is 5.02 Å². The molecular weight excluding hydrogens is 464 g/mol. The lowest BCUT2D eigenvalue weighted by molar-refractivity contribution is -0.166. The van der Waals surface area contributed by atoms with E-state index < -0.39 is 15.8 Å². The van der Waals surface area contributed by atoms with Crippen LogP contribution in [-0.4, -0.2) is 31.4 Å². The SMILES string of the molecule is C[C@@H]1OC(C)(c2ccc(S(=O)(=O)Nc3ccc(Cl)cc3C(=O)c3ccncc3)cc2)O[C@@H]1C. The molecule has 1 unspecified atom stereocenters. The molecule has 0 saturated carbocycles. The lowest BCUT2D eigenvalue weighted by Crippen LogP contribution is -2.24. The van der Waals surface area contributed by atoms with E-state index in [1.54, 1.807) is 31.2 Å². The number of ketones is 1. The van der Waals surface area contributed by atoms with E-state index >= 15 is 0 Å². The fourth-order valence-corrected chi connectivity index (χ4v) is 4.91. The standard InChI is InChI=1S/C24H23ClN2O5S/c1-15-16(2)32-24(3,31-15)18-4-7-20(8-5-18)33(29,30)27-22-9-6-19(25)14-21(22)23(28)17-10-12-26-13-11-17/h4-16,27H,1-3H3/t15-,16+,24?. The normalized spacial score (nSPS) is 22.8. The molecule has 0 aliphatic carbocycles. The first-order valence-corrected chi connectivity index (χ1v) is 12.2. The van der Waals surface area contributed by atoms with E-state index in [1.807, 2.05) is 13.8 Å². The second-order valence-electron chi connectivity index (χ2n) is 7.98. The van der Waals surface area contributed by atoms with Crippen LogP contribution in [0.3, 0.4) is 0 Å². The zero-order chi connectivity index (χ0) is 23.8. The Kier molecular flexibility index (Phi) is 6.28. The van der Waals surface area contributed by atoms with Crippen molar-refractivity contribution in [3.05, 3.63) is 88.7 Å². The van der Waals surface area contributed by atoms with Gasteiger partial charge in [-0.1, -0.05) is 23.7 Å². The quantitative estimate of drug-likeness (QED) is 0.504. The van der Waals surface area contributed by atoms with Crippen LogP contribution in [0, 0.1) is 0 Å². The number of ether oxygens (including phenoxy) is 2. The summed E-state index contributed by atoms with van der Waals surface area (Å²) >= 11 is 6.08. The summed E-state index contributed by atoms with van der Waals surface area (Å²) in [5.41, 5.74) is 1.34. The minimum absolute atomic E-state index is 0.0335. The highest BCUT2D eigenvalue weighted by Gasteiger charge is 2.41. The Bertz CT molecular complexity index is 1270. The predicted octanol–water partition coefficient (Wildman–Crippen LogP) is 4.76. The van der Waals surface area contributed by atoms with E-state index in [0.29, 0.717) is 16.1 Å². The zero-order valence-electron chi connectivity index (χ0n) is 18.3. The van der Waals surface area contributed by atoms with E-state index in [1.165, 1.54) is 42.7 Å². The minimum atomic E-state index is -3.99. The smallest absolute Gasteiger partial charge is 0.261 e. The Hall–Kier alpha value is -2.78. The number of nitrogens with zero attached hydrogens (tertiary/aromatic N) is 1. The van der Waals surface area contributed by atoms with Gasteiger partial charge in [-0.3, -0.25) is 14.5 Å². The number of aromatic nitrogens is 1. The number of sulfonamides is 1. The fraction of sp³-hybridized carbons (Fsp3) is 0.250. The van der Waals surface area contributed by atoms with Crippen LogP contribution in [0.1, 0.15) is 42.3 Å². The average molecular weight is 487 g/mol. The van der Waals surface area contributed by atoms with E-state index in [-0.39, 0.29) is 34.1 Å². The summed E-state index contributed by atoms with van der Waals surface area (Å²) in [5, 5.41) is 0.313. The molecule has 1 saturated heterocycles. The van der Waals surface area contributed by atoms with Crippen LogP contribution in [0.5, 0.6) is 0 Å². The van der Waals surface area contributed by atoms with E-state index in [9.17, 15) is 13.2 Å². The summed E-state index contributed by atoms with van der Waals surface area (Å²) in [6, 6.07) is 13.8. The fourth-order valence-electron chi connectivity index (χ4n) is 3.66. The second-order valence-corrected chi connectivity index (χ2v) is 10.1. The van der Waals surface area contributed by atoms with Crippen LogP contribution >= 0.6 is 11.6 Å². The highest BCUT2D eigenvalue weighted by atomic mass is 35.5. The summed E-state index contributed by atoms with van der Waals surface area (Å²) < 4.78 is 40.5. The van der Waals surface area contributed by atoms with E-state index in [4.69, 9.17) is 21.1 Å². The van der Waals surface area contributed by atoms with Crippen LogP contribution in [0.4, 0.5) is 5.69 Å². The number of rotatable bonds is 6. The Balaban J connectivity index is 1.62. The van der Waals surface area contributed by atoms with Gasteiger partial charge in [-0.15, -0.1) is 0 Å². The number of hydrogen-bond donors (Lipinski definition) is 1. The molecule has 172 valence electrons. The van der Waals surface area contributed by atoms with Crippen LogP contribution in [-0.2, 0) is 25.3 Å². The number of benzene rings is 2. The van der Waals surface area contributed by atoms with Crippen molar-refractivity contribution in [2.75, 3.05) is 4.72 Å². The molecule has 4 rings (SSSR count). The van der Waals surface area contributed by atoms with Gasteiger partial charge in [0.1, 0.15) is 0 Å². The number of anilines is 1. The van der Waals surface area contributed by atoms with Crippen molar-refractivity contribution in [2.24, 2.45) is 0 Å². The van der Waals surface area contributed by atoms with Crippen molar-refractivity contribution in [2.45, 2.75) is 43.7 Å². The molecule has 2 heterocycles. The maximum absolute atomic E-state index is 13.1. The third kappa shape index (κ3) is 4.79. The van der Waals surface area contributed by atoms with E-state index in [2.05, 4.69) is 9.71 Å². The van der Waals surface area contributed by atoms with Gasteiger partial charge in [-0.25, -0.2) is 8.42 Å². The molecule has 2 aromatic carbocycles. The van der Waals surface area contributed by atoms with Gasteiger partial charge >= 0.3 is 0 Å². The maximum Gasteiger partial charge on any atom is 0.261 e. The number of nitrogens with one attached hydrogen (secondary N) is 1. The Morgan fingerprint density at radius 3 is 2.21 bits per heavy atom. The van der Waals surface area contributed by atoms with Crippen molar-refractivity contribution in [3.63, 3.8) is 0 Å². The first-order chi connectivity index (χ1) is 15.6. The molecule has 1 aromatic heterocycles. The minimum Gasteiger partial charge on any atom is -0.340 e. The molecule has 3 aromatic rings.